The van der Waals surface area contributed by atoms with Gasteiger partial charge in [-0.25, -0.2) is 4.79 Å². The van der Waals surface area contributed by atoms with Crippen LogP contribution in [0.15, 0.2) is 72.8 Å². The third-order valence-corrected chi connectivity index (χ3v) is 5.50. The van der Waals surface area contributed by atoms with Crippen LogP contribution in [-0.4, -0.2) is 48.1 Å². The molecule has 7 nitrogen and oxygen atoms in total. The molecule has 37 heavy (non-hydrogen) atoms. The molecule has 0 unspecified atom stereocenters. The van der Waals surface area contributed by atoms with Crippen LogP contribution in [0.3, 0.4) is 0 Å². The van der Waals surface area contributed by atoms with E-state index < -0.39 is 23.6 Å². The number of nitrogens with zero attached hydrogens (tertiary/aromatic N) is 1. The van der Waals surface area contributed by atoms with Crippen molar-refractivity contribution in [3.05, 3.63) is 95.1 Å². The number of ether oxygens (including phenoxy) is 1. The van der Waals surface area contributed by atoms with Gasteiger partial charge in [0.15, 0.2) is 0 Å². The average molecular weight is 515 g/mol. The number of hydrogen-bond donors (Lipinski definition) is 2. The number of carbonyl (C=O) groups is 3. The Morgan fingerprint density at radius 2 is 1.49 bits per heavy atom. The van der Waals surface area contributed by atoms with Gasteiger partial charge >= 0.3 is 18.1 Å². The fourth-order valence-electron chi connectivity index (χ4n) is 3.59. The van der Waals surface area contributed by atoms with E-state index in [1.165, 1.54) is 12.1 Å². The molecule has 0 saturated carbocycles. The number of carboxylic acids is 1. The van der Waals surface area contributed by atoms with Crippen molar-refractivity contribution >= 4 is 17.8 Å². The molecule has 194 valence electrons. The molecule has 0 aliphatic carbocycles. The van der Waals surface area contributed by atoms with Gasteiger partial charge in [0.1, 0.15) is 0 Å². The van der Waals surface area contributed by atoms with Gasteiger partial charge in [0, 0.05) is 32.3 Å². The summed E-state index contributed by atoms with van der Waals surface area (Å²) in [6.45, 7) is 0.541. The highest BCUT2D eigenvalue weighted by molar-refractivity contribution is 6.31. The summed E-state index contributed by atoms with van der Waals surface area (Å²) in [5, 5.41) is 12.0. The average Bonchev–Trinajstić information content (AvgIpc) is 2.88. The van der Waals surface area contributed by atoms with Crippen LogP contribution in [0.2, 0.25) is 0 Å². The molecule has 3 aromatic rings. The summed E-state index contributed by atoms with van der Waals surface area (Å²) in [4.78, 5) is 37.0. The number of rotatable bonds is 9. The van der Waals surface area contributed by atoms with Crippen LogP contribution < -0.4 is 5.32 Å². The molecule has 0 atom stereocenters. The summed E-state index contributed by atoms with van der Waals surface area (Å²) in [5.74, 6) is -3.07. The Hall–Kier alpha value is -4.18. The van der Waals surface area contributed by atoms with E-state index in [0.717, 1.165) is 28.2 Å². The number of benzene rings is 3. The largest absolute Gasteiger partial charge is 0.474 e. The van der Waals surface area contributed by atoms with E-state index in [1.54, 1.807) is 49.6 Å². The van der Waals surface area contributed by atoms with E-state index in [9.17, 15) is 32.7 Å². The molecule has 2 N–H and O–H groups in total. The number of carbonyl (C=O) groups excluding carboxylic acids is 2. The van der Waals surface area contributed by atoms with Gasteiger partial charge in [0.05, 0.1) is 12.2 Å². The smallest absolute Gasteiger partial charge is 0.416 e. The quantitative estimate of drug-likeness (QED) is 0.327. The molecule has 0 aliphatic heterocycles. The molecule has 3 rings (SSSR count). The van der Waals surface area contributed by atoms with E-state index in [0.29, 0.717) is 29.8 Å². The van der Waals surface area contributed by atoms with Crippen molar-refractivity contribution in [3.8, 4) is 11.1 Å². The molecule has 0 aliphatic rings. The highest BCUT2D eigenvalue weighted by Crippen LogP contribution is 2.29. The Balaban J connectivity index is 1.74. The van der Waals surface area contributed by atoms with Crippen LogP contribution in [-0.2, 0) is 33.6 Å². The summed E-state index contributed by atoms with van der Waals surface area (Å²) < 4.78 is 43.4. The highest BCUT2D eigenvalue weighted by atomic mass is 19.4. The SMILES string of the molecule is COCCNC(=O)c1cccc(-c2ccc(CN(Cc3ccc(C(F)(F)F)cc3)C(=O)C(=O)O)cc2)c1. The Morgan fingerprint density at radius 1 is 0.892 bits per heavy atom. The standard InChI is InChI=1S/C27H25F3N2O5/c1-37-14-13-31-24(33)22-4-2-3-21(15-22)20-9-5-18(6-10-20)16-32(25(34)26(35)36)17-19-7-11-23(12-8-19)27(28,29)30/h2-12,15H,13-14,16-17H2,1H3,(H,31,33)(H,35,36). The molecule has 0 bridgehead atoms. The van der Waals surface area contributed by atoms with Crippen molar-refractivity contribution in [3.63, 3.8) is 0 Å². The first-order valence-corrected chi connectivity index (χ1v) is 11.2. The fraction of sp³-hybridized carbons (Fsp3) is 0.222. The first-order chi connectivity index (χ1) is 17.6. The Morgan fingerprint density at radius 3 is 2.03 bits per heavy atom. The minimum atomic E-state index is -4.50. The van der Waals surface area contributed by atoms with E-state index in [4.69, 9.17) is 4.74 Å². The normalized spacial score (nSPS) is 11.1. The van der Waals surface area contributed by atoms with Gasteiger partial charge in [-0.05, 0) is 46.5 Å². The molecule has 0 saturated heterocycles. The molecule has 0 heterocycles. The van der Waals surface area contributed by atoms with Gasteiger partial charge in [-0.3, -0.25) is 9.59 Å². The second-order valence-electron chi connectivity index (χ2n) is 8.19. The van der Waals surface area contributed by atoms with E-state index in [1.807, 2.05) is 6.07 Å². The maximum atomic E-state index is 12.8. The number of nitrogens with one attached hydrogen (secondary N) is 1. The van der Waals surface area contributed by atoms with Gasteiger partial charge in [0.2, 0.25) is 0 Å². The second kappa shape index (κ2) is 12.2. The minimum Gasteiger partial charge on any atom is -0.474 e. The molecule has 0 radical (unpaired) electrons. The predicted molar refractivity (Wildman–Crippen MR) is 129 cm³/mol. The second-order valence-corrected chi connectivity index (χ2v) is 8.19. The Labute approximate surface area is 211 Å². The number of alkyl halides is 3. The molecule has 2 amide bonds. The summed E-state index contributed by atoms with van der Waals surface area (Å²) in [7, 11) is 1.54. The van der Waals surface area contributed by atoms with Gasteiger partial charge in [0.25, 0.3) is 5.91 Å². The summed E-state index contributed by atoms with van der Waals surface area (Å²) in [6.07, 6.45) is -4.50. The Bertz CT molecular complexity index is 1240. The van der Waals surface area contributed by atoms with Crippen LogP contribution in [0.25, 0.3) is 11.1 Å². The molecular weight excluding hydrogens is 489 g/mol. The van der Waals surface area contributed by atoms with Crippen LogP contribution in [0.4, 0.5) is 13.2 Å². The van der Waals surface area contributed by atoms with Crippen molar-refractivity contribution in [2.45, 2.75) is 19.3 Å². The third-order valence-electron chi connectivity index (χ3n) is 5.50. The van der Waals surface area contributed by atoms with Crippen LogP contribution in [0, 0.1) is 0 Å². The van der Waals surface area contributed by atoms with Crippen molar-refractivity contribution in [2.24, 2.45) is 0 Å². The summed E-state index contributed by atoms with van der Waals surface area (Å²) >= 11 is 0. The fourth-order valence-corrected chi connectivity index (χ4v) is 3.59. The highest BCUT2D eigenvalue weighted by Gasteiger charge is 2.30. The zero-order valence-electron chi connectivity index (χ0n) is 19.9. The lowest BCUT2D eigenvalue weighted by atomic mass is 10.0. The molecule has 0 fully saturated rings. The molecule has 0 spiro atoms. The lowest BCUT2D eigenvalue weighted by Gasteiger charge is -2.21. The lowest BCUT2D eigenvalue weighted by Crippen LogP contribution is -2.35. The summed E-state index contributed by atoms with van der Waals surface area (Å²) in [6, 6.07) is 18.2. The maximum absolute atomic E-state index is 12.8. The molecule has 3 aromatic carbocycles. The van der Waals surface area contributed by atoms with Crippen molar-refractivity contribution in [1.29, 1.82) is 0 Å². The molecular formula is C27H25F3N2O5. The first-order valence-electron chi connectivity index (χ1n) is 11.2. The van der Waals surface area contributed by atoms with E-state index in [-0.39, 0.29) is 19.0 Å². The predicted octanol–water partition coefficient (Wildman–Crippen LogP) is 4.36. The summed E-state index contributed by atoms with van der Waals surface area (Å²) in [5.41, 5.74) is 2.22. The topological polar surface area (TPSA) is 95.9 Å². The van der Waals surface area contributed by atoms with E-state index in [2.05, 4.69) is 5.32 Å². The van der Waals surface area contributed by atoms with Gasteiger partial charge in [-0.1, -0.05) is 48.5 Å². The molecule has 10 heteroatoms. The van der Waals surface area contributed by atoms with Crippen LogP contribution >= 0.6 is 0 Å². The molecule has 0 aromatic heterocycles. The van der Waals surface area contributed by atoms with Crippen molar-refractivity contribution < 1.29 is 37.4 Å². The Kier molecular flexibility index (Phi) is 9.02. The number of methoxy groups -OCH3 is 1. The van der Waals surface area contributed by atoms with Crippen LogP contribution in [0.5, 0.6) is 0 Å². The lowest BCUT2D eigenvalue weighted by molar-refractivity contribution is -0.156. The number of carboxylic acid groups (broad SMARTS) is 1. The van der Waals surface area contributed by atoms with Gasteiger partial charge in [-0.15, -0.1) is 0 Å². The monoisotopic (exact) mass is 514 g/mol. The van der Waals surface area contributed by atoms with Crippen molar-refractivity contribution in [2.75, 3.05) is 20.3 Å². The number of aliphatic carboxylic acids is 1. The number of hydrogen-bond acceptors (Lipinski definition) is 4. The van der Waals surface area contributed by atoms with Gasteiger partial charge in [-0.2, -0.15) is 13.2 Å². The van der Waals surface area contributed by atoms with Gasteiger partial charge < -0.3 is 20.1 Å². The van der Waals surface area contributed by atoms with Crippen molar-refractivity contribution in [1.82, 2.24) is 10.2 Å². The first kappa shape index (κ1) is 27.4. The number of amides is 2. The zero-order chi connectivity index (χ0) is 27.0. The zero-order valence-corrected chi connectivity index (χ0v) is 19.9. The third kappa shape index (κ3) is 7.65. The minimum absolute atomic E-state index is 0.0611. The maximum Gasteiger partial charge on any atom is 0.416 e. The number of halogens is 3. The van der Waals surface area contributed by atoms with Crippen LogP contribution in [0.1, 0.15) is 27.0 Å². The van der Waals surface area contributed by atoms with E-state index >= 15 is 0 Å².